The van der Waals surface area contributed by atoms with Crippen LogP contribution in [-0.2, 0) is 62.5 Å². The highest BCUT2D eigenvalue weighted by atomic mass is 16.6. The van der Waals surface area contributed by atoms with Crippen LogP contribution in [0.15, 0.2) is 84.9 Å². The average molecular weight is 1080 g/mol. The number of carbonyl (C=O) groups excluding carboxylic acids is 7. The molecule has 6 rings (SSSR count). The number of piperidine rings is 1. The van der Waals surface area contributed by atoms with Gasteiger partial charge in [-0.1, -0.05) is 114 Å². The summed E-state index contributed by atoms with van der Waals surface area (Å²) < 4.78 is 23.3. The Labute approximate surface area is 461 Å². The van der Waals surface area contributed by atoms with E-state index < -0.39 is 77.9 Å². The van der Waals surface area contributed by atoms with Gasteiger partial charge in [-0.2, -0.15) is 0 Å². The summed E-state index contributed by atoms with van der Waals surface area (Å²) in [5.41, 5.74) is 2.25. The van der Waals surface area contributed by atoms with Crippen LogP contribution in [0.2, 0.25) is 0 Å². The molecule has 1 saturated carbocycles. The fourth-order valence-corrected chi connectivity index (χ4v) is 11.4. The zero-order valence-electron chi connectivity index (χ0n) is 47.6. The molecule has 2 bridgehead atoms. The number of carbonyl (C=O) groups is 7. The van der Waals surface area contributed by atoms with Crippen LogP contribution in [0.5, 0.6) is 0 Å². The van der Waals surface area contributed by atoms with Crippen LogP contribution in [0.25, 0.3) is 0 Å². The number of rotatable bonds is 24. The van der Waals surface area contributed by atoms with E-state index in [1.165, 1.54) is 14.2 Å². The molecule has 2 saturated heterocycles. The molecule has 0 radical (unpaired) electrons. The van der Waals surface area contributed by atoms with Crippen molar-refractivity contribution in [3.8, 4) is 0 Å². The largest absolute Gasteiger partial charge is 0.445 e. The Hall–Kier alpha value is -6.53. The third-order valence-electron chi connectivity index (χ3n) is 15.7. The minimum absolute atomic E-state index is 0.0367. The molecule has 1 aliphatic carbocycles. The molecular weight excluding hydrogens is 995 g/mol. The second-order valence-corrected chi connectivity index (χ2v) is 22.7. The summed E-state index contributed by atoms with van der Waals surface area (Å²) in [6.07, 6.45) is 1.80. The molecule has 0 aromatic heterocycles. The Morgan fingerprint density at radius 1 is 0.782 bits per heavy atom. The third-order valence-corrected chi connectivity index (χ3v) is 15.7. The van der Waals surface area contributed by atoms with Gasteiger partial charge in [0.25, 0.3) is 0 Å². The minimum Gasteiger partial charge on any atom is -0.445 e. The van der Waals surface area contributed by atoms with Crippen molar-refractivity contribution in [3.63, 3.8) is 0 Å². The first-order valence-corrected chi connectivity index (χ1v) is 27.8. The average Bonchev–Trinajstić information content (AvgIpc) is 4.28. The van der Waals surface area contributed by atoms with Crippen LogP contribution in [0.1, 0.15) is 117 Å². The molecule has 426 valence electrons. The van der Waals surface area contributed by atoms with Gasteiger partial charge < -0.3 is 50.0 Å². The van der Waals surface area contributed by atoms with E-state index in [4.69, 9.17) is 18.9 Å². The van der Waals surface area contributed by atoms with E-state index >= 15 is 0 Å². The van der Waals surface area contributed by atoms with Crippen LogP contribution in [-0.4, -0.2) is 138 Å². The number of hydrogen-bond donors (Lipinski definition) is 4. The van der Waals surface area contributed by atoms with Crippen molar-refractivity contribution in [2.75, 3.05) is 33.1 Å². The molecule has 7 amide bonds. The fraction of sp³-hybridized carbons (Fsp3) is 0.583. The number of nitrogens with zero attached hydrogens (tertiary/aromatic N) is 3. The summed E-state index contributed by atoms with van der Waals surface area (Å²) in [5, 5.41) is 11.7. The van der Waals surface area contributed by atoms with E-state index in [1.807, 2.05) is 88.4 Å². The maximum atomic E-state index is 14.7. The Morgan fingerprint density at radius 2 is 1.44 bits per heavy atom. The summed E-state index contributed by atoms with van der Waals surface area (Å²) in [6.45, 7) is 15.7. The zero-order valence-corrected chi connectivity index (χ0v) is 47.6. The van der Waals surface area contributed by atoms with Gasteiger partial charge in [0.1, 0.15) is 30.3 Å². The number of fused-ring (bicyclic) bond motifs is 2. The van der Waals surface area contributed by atoms with Crippen molar-refractivity contribution in [1.82, 2.24) is 30.7 Å². The van der Waals surface area contributed by atoms with Gasteiger partial charge in [0.15, 0.2) is 0 Å². The number of nitrogens with one attached hydrogen (secondary N) is 4. The van der Waals surface area contributed by atoms with Gasteiger partial charge in [-0.25, -0.2) is 9.59 Å². The van der Waals surface area contributed by atoms with E-state index in [-0.39, 0.29) is 67.5 Å². The number of ether oxygens (including phenoxy) is 4. The van der Waals surface area contributed by atoms with Gasteiger partial charge in [-0.3, -0.25) is 28.9 Å². The smallest absolute Gasteiger partial charge is 0.411 e. The fourth-order valence-electron chi connectivity index (χ4n) is 11.4. The predicted octanol–water partition coefficient (Wildman–Crippen LogP) is 7.63. The highest BCUT2D eigenvalue weighted by Gasteiger charge is 2.53. The van der Waals surface area contributed by atoms with Crippen molar-refractivity contribution in [2.24, 2.45) is 23.7 Å². The topological polar surface area (TPSA) is 214 Å². The predicted molar refractivity (Wildman–Crippen MR) is 296 cm³/mol. The van der Waals surface area contributed by atoms with E-state index in [0.717, 1.165) is 29.5 Å². The monoisotopic (exact) mass is 1080 g/mol. The molecule has 3 aliphatic rings. The Bertz CT molecular complexity index is 2490. The van der Waals surface area contributed by atoms with Gasteiger partial charge in [-0.15, -0.1) is 0 Å². The lowest BCUT2D eigenvalue weighted by Crippen LogP contribution is -2.61. The molecular formula is C60H85N7O11. The van der Waals surface area contributed by atoms with E-state index in [2.05, 4.69) is 21.3 Å². The Morgan fingerprint density at radius 3 is 2.04 bits per heavy atom. The van der Waals surface area contributed by atoms with Crippen molar-refractivity contribution in [2.45, 2.75) is 174 Å². The summed E-state index contributed by atoms with van der Waals surface area (Å²) >= 11 is 0. The first kappa shape index (κ1) is 60.7. The molecule has 7 unspecified atom stereocenters. The first-order chi connectivity index (χ1) is 37.1. The van der Waals surface area contributed by atoms with Crippen LogP contribution in [0.4, 0.5) is 15.3 Å². The normalized spacial score (nSPS) is 20.6. The Kier molecular flexibility index (Phi) is 21.7. The van der Waals surface area contributed by atoms with Gasteiger partial charge in [0.05, 0.1) is 36.6 Å². The van der Waals surface area contributed by atoms with Gasteiger partial charge in [0, 0.05) is 52.5 Å². The lowest BCUT2D eigenvalue weighted by Gasteiger charge is -2.41. The number of likely N-dealkylation sites (N-methyl/N-ethyl adjacent to an activating group) is 1. The van der Waals surface area contributed by atoms with Crippen molar-refractivity contribution < 1.29 is 52.5 Å². The van der Waals surface area contributed by atoms with E-state index in [9.17, 15) is 33.6 Å². The first-order valence-electron chi connectivity index (χ1n) is 27.8. The van der Waals surface area contributed by atoms with Crippen LogP contribution < -0.4 is 21.3 Å². The molecule has 18 heteroatoms. The van der Waals surface area contributed by atoms with Gasteiger partial charge in [0.2, 0.25) is 29.5 Å². The number of anilines is 1. The van der Waals surface area contributed by atoms with E-state index in [0.29, 0.717) is 37.9 Å². The van der Waals surface area contributed by atoms with Crippen molar-refractivity contribution in [3.05, 3.63) is 102 Å². The van der Waals surface area contributed by atoms with Gasteiger partial charge >= 0.3 is 12.2 Å². The molecule has 18 nitrogen and oxygen atoms in total. The molecule has 3 aromatic carbocycles. The molecule has 4 N–H and O–H groups in total. The van der Waals surface area contributed by atoms with Crippen LogP contribution >= 0.6 is 0 Å². The molecule has 11 atom stereocenters. The summed E-state index contributed by atoms with van der Waals surface area (Å²) in [5.74, 6) is -3.04. The zero-order chi connectivity index (χ0) is 56.8. The molecule has 3 fully saturated rings. The second-order valence-electron chi connectivity index (χ2n) is 22.7. The standard InChI is InChI=1S/C60H85N7O11/c1-12-38(4)51(65(9)57(72)50(37(2)3)64-56(71)52-43-27-30-45(33-43)67(52)59(74)78-60(6,7)8)48(75-10)34-49(68)66-31-19-24-47(66)53(76-11)39(5)54(69)63-46(32-40-20-15-13-16-21-40)55(70)62-44-28-25-41(26-29-44)35-61-58(73)77-36-42-22-17-14-18-23-42/h13-18,20-23,25-26,28-29,37-39,43,45-48,50-53H,12,19,24,27,30-36H2,1-11H3,(H,61,73)(H,62,70)(H,63,69)(H,64,71)/t38?,39?,43-,45+,46?,47-,48?,50?,51?,52-,53?/m0/s1. The molecule has 2 heterocycles. The number of benzene rings is 3. The summed E-state index contributed by atoms with van der Waals surface area (Å²) in [7, 11) is 4.74. The highest BCUT2D eigenvalue weighted by molar-refractivity contribution is 5.98. The van der Waals surface area contributed by atoms with Crippen LogP contribution in [0.3, 0.4) is 0 Å². The Balaban J connectivity index is 1.09. The summed E-state index contributed by atoms with van der Waals surface area (Å²) in [6, 6.07) is 22.0. The molecule has 3 aromatic rings. The van der Waals surface area contributed by atoms with E-state index in [1.54, 1.807) is 73.7 Å². The van der Waals surface area contributed by atoms with Crippen LogP contribution in [0, 0.1) is 23.7 Å². The molecule has 2 aliphatic heterocycles. The maximum absolute atomic E-state index is 14.7. The molecule has 0 spiro atoms. The summed E-state index contributed by atoms with van der Waals surface area (Å²) in [4.78, 5) is 103. The number of hydrogen-bond acceptors (Lipinski definition) is 11. The van der Waals surface area contributed by atoms with Crippen molar-refractivity contribution in [1.29, 1.82) is 0 Å². The minimum atomic E-state index is -0.977. The quantitative estimate of drug-likeness (QED) is 0.0685. The number of alkyl carbamates (subject to hydrolysis) is 1. The SMILES string of the molecule is CCC(C)C(C(CC(=O)N1CCC[C@H]1C(OC)C(C)C(=O)NC(Cc1ccccc1)C(=O)Nc1ccc(CNC(=O)OCc2ccccc2)cc1)OC)N(C)C(=O)C(NC(=O)[C@@H]1[C@H]2CC[C@H](C2)N1C(=O)OC(C)(C)C)C(C)C. The second kappa shape index (κ2) is 27.9. The number of amides is 7. The number of likely N-dealkylation sites (tertiary alicyclic amines) is 2. The molecule has 78 heavy (non-hydrogen) atoms. The van der Waals surface area contributed by atoms with Gasteiger partial charge in [-0.05, 0) is 99.5 Å². The number of methoxy groups -OCH3 is 2. The lowest BCUT2D eigenvalue weighted by atomic mass is 9.89. The third kappa shape index (κ3) is 15.8. The van der Waals surface area contributed by atoms with Crippen molar-refractivity contribution >= 4 is 47.4 Å². The highest BCUT2D eigenvalue weighted by Crippen LogP contribution is 2.43. The lowest BCUT2D eigenvalue weighted by molar-refractivity contribution is -0.148. The maximum Gasteiger partial charge on any atom is 0.411 e.